The molecular formula is C15H28OSi2. The van der Waals surface area contributed by atoms with Crippen molar-refractivity contribution >= 4 is 16.4 Å². The molecule has 0 aliphatic carbocycles. The third kappa shape index (κ3) is 3.80. The summed E-state index contributed by atoms with van der Waals surface area (Å²) in [7, 11) is -2.96. The Kier molecular flexibility index (Phi) is 4.98. The van der Waals surface area contributed by atoms with Gasteiger partial charge in [-0.25, -0.2) is 0 Å². The summed E-state index contributed by atoms with van der Waals surface area (Å²) in [6, 6.07) is 9.02. The highest BCUT2D eigenvalue weighted by Gasteiger charge is 2.43. The summed E-state index contributed by atoms with van der Waals surface area (Å²) >= 11 is 0. The van der Waals surface area contributed by atoms with Crippen LogP contribution in [-0.2, 0) is 4.43 Å². The van der Waals surface area contributed by atoms with E-state index in [-0.39, 0.29) is 0 Å². The van der Waals surface area contributed by atoms with Gasteiger partial charge < -0.3 is 4.43 Å². The highest BCUT2D eigenvalue weighted by atomic mass is 28.4. The van der Waals surface area contributed by atoms with Gasteiger partial charge in [0.15, 0.2) is 8.32 Å². The molecule has 0 fully saturated rings. The third-order valence-corrected chi connectivity index (χ3v) is 13.0. The molecule has 102 valence electrons. The van der Waals surface area contributed by atoms with Gasteiger partial charge in [0.05, 0.1) is 8.07 Å². The van der Waals surface area contributed by atoms with E-state index >= 15 is 0 Å². The second-order valence-corrected chi connectivity index (χ2v) is 16.7. The first-order chi connectivity index (χ1) is 8.18. The van der Waals surface area contributed by atoms with Gasteiger partial charge in [-0.2, -0.15) is 0 Å². The fraction of sp³-hybridized carbons (Fsp3) is 0.600. The van der Waals surface area contributed by atoms with Gasteiger partial charge in [0, 0.05) is 6.61 Å². The van der Waals surface area contributed by atoms with Crippen LogP contribution in [0.25, 0.3) is 0 Å². The van der Waals surface area contributed by atoms with Crippen molar-refractivity contribution in [1.82, 2.24) is 0 Å². The van der Waals surface area contributed by atoms with E-state index in [9.17, 15) is 0 Å². The van der Waals surface area contributed by atoms with E-state index in [1.807, 2.05) is 0 Å². The van der Waals surface area contributed by atoms with E-state index in [4.69, 9.17) is 4.43 Å². The minimum Gasteiger partial charge on any atom is -0.417 e. The molecule has 0 N–H and O–H groups in total. The van der Waals surface area contributed by atoms with Gasteiger partial charge in [-0.05, 0) is 37.7 Å². The Morgan fingerprint density at radius 3 is 2.17 bits per heavy atom. The van der Waals surface area contributed by atoms with Crippen LogP contribution >= 0.6 is 0 Å². The van der Waals surface area contributed by atoms with Gasteiger partial charge in [0.2, 0.25) is 0 Å². The highest BCUT2D eigenvalue weighted by molar-refractivity contribution is 6.94. The molecule has 0 amide bonds. The van der Waals surface area contributed by atoms with Gasteiger partial charge in [-0.15, -0.1) is 0 Å². The molecular weight excluding hydrogens is 252 g/mol. The number of rotatable bonds is 5. The fourth-order valence-electron chi connectivity index (χ4n) is 3.25. The number of hydrogen-bond donors (Lipinski definition) is 0. The Morgan fingerprint density at radius 1 is 1.11 bits per heavy atom. The maximum absolute atomic E-state index is 6.19. The van der Waals surface area contributed by atoms with E-state index in [0.29, 0.717) is 5.16 Å². The molecule has 0 bridgehead atoms. The number of aryl methyl sites for hydroxylation is 1. The first-order valence-corrected chi connectivity index (χ1v) is 13.5. The van der Waals surface area contributed by atoms with E-state index in [1.54, 1.807) is 0 Å². The molecule has 0 heterocycles. The molecule has 1 rings (SSSR count). The third-order valence-electron chi connectivity index (χ3n) is 3.45. The van der Waals surface area contributed by atoms with Crippen molar-refractivity contribution in [2.24, 2.45) is 0 Å². The van der Waals surface area contributed by atoms with Crippen molar-refractivity contribution in [2.45, 2.75) is 51.7 Å². The van der Waals surface area contributed by atoms with E-state index in [1.165, 1.54) is 11.1 Å². The van der Waals surface area contributed by atoms with Crippen molar-refractivity contribution in [3.63, 3.8) is 0 Å². The summed E-state index contributed by atoms with van der Waals surface area (Å²) in [5.74, 6) is 0. The zero-order valence-corrected chi connectivity index (χ0v) is 15.0. The average molecular weight is 281 g/mol. The minimum absolute atomic E-state index is 0.657. The topological polar surface area (TPSA) is 9.23 Å². The van der Waals surface area contributed by atoms with Crippen LogP contribution in [0, 0.1) is 6.92 Å². The molecule has 0 saturated heterocycles. The maximum Gasteiger partial charge on any atom is 0.191 e. The molecule has 0 aliphatic rings. The largest absolute Gasteiger partial charge is 0.417 e. The smallest absolute Gasteiger partial charge is 0.191 e. The Hall–Kier alpha value is -0.386. The molecule has 1 atom stereocenters. The lowest BCUT2D eigenvalue weighted by atomic mass is 10.2. The molecule has 1 unspecified atom stereocenters. The number of benzene rings is 1. The standard InChI is InChI=1S/C15H28OSi2/c1-8-16-18(6,7)15(17(3,4)5)14-11-9-10-13(2)12-14/h9-12,15H,8H2,1-7H3. The lowest BCUT2D eigenvalue weighted by Gasteiger charge is -2.40. The molecule has 0 aromatic heterocycles. The van der Waals surface area contributed by atoms with Crippen molar-refractivity contribution in [2.75, 3.05) is 6.61 Å². The quantitative estimate of drug-likeness (QED) is 0.708. The molecule has 1 aromatic carbocycles. The van der Waals surface area contributed by atoms with Crippen molar-refractivity contribution < 1.29 is 4.43 Å². The summed E-state index contributed by atoms with van der Waals surface area (Å²) in [6.07, 6.45) is 0. The lowest BCUT2D eigenvalue weighted by Crippen LogP contribution is -2.50. The Labute approximate surface area is 115 Å². The predicted octanol–water partition coefficient (Wildman–Crippen LogP) is 4.74. The summed E-state index contributed by atoms with van der Waals surface area (Å²) < 4.78 is 6.19. The zero-order chi connectivity index (χ0) is 14.0. The van der Waals surface area contributed by atoms with Gasteiger partial charge in [0.25, 0.3) is 0 Å². The van der Waals surface area contributed by atoms with Gasteiger partial charge in [-0.3, -0.25) is 0 Å². The molecule has 18 heavy (non-hydrogen) atoms. The first kappa shape index (κ1) is 15.7. The minimum atomic E-state index is -1.67. The fourth-order valence-corrected chi connectivity index (χ4v) is 14.9. The molecule has 1 aromatic rings. The van der Waals surface area contributed by atoms with Crippen LogP contribution < -0.4 is 0 Å². The Morgan fingerprint density at radius 2 is 1.72 bits per heavy atom. The van der Waals surface area contributed by atoms with Crippen LogP contribution in [0.4, 0.5) is 0 Å². The maximum atomic E-state index is 6.19. The Balaban J connectivity index is 3.22. The number of hydrogen-bond acceptors (Lipinski definition) is 1. The van der Waals surface area contributed by atoms with Gasteiger partial charge >= 0.3 is 0 Å². The van der Waals surface area contributed by atoms with Crippen LogP contribution in [0.3, 0.4) is 0 Å². The van der Waals surface area contributed by atoms with E-state index in [0.717, 1.165) is 6.61 Å². The average Bonchev–Trinajstić information content (AvgIpc) is 2.14. The zero-order valence-electron chi connectivity index (χ0n) is 13.0. The molecule has 0 radical (unpaired) electrons. The van der Waals surface area contributed by atoms with Gasteiger partial charge in [-0.1, -0.05) is 49.5 Å². The molecule has 0 spiro atoms. The molecule has 3 heteroatoms. The van der Waals surface area contributed by atoms with Gasteiger partial charge in [0.1, 0.15) is 0 Å². The van der Waals surface area contributed by atoms with Crippen LogP contribution in [0.5, 0.6) is 0 Å². The van der Waals surface area contributed by atoms with Crippen molar-refractivity contribution in [3.8, 4) is 0 Å². The van der Waals surface area contributed by atoms with Crippen molar-refractivity contribution in [1.29, 1.82) is 0 Å². The summed E-state index contributed by atoms with van der Waals surface area (Å²) in [6.45, 7) is 17.3. The molecule has 0 aliphatic heterocycles. The Bertz CT molecular complexity index is 394. The monoisotopic (exact) mass is 280 g/mol. The van der Waals surface area contributed by atoms with Crippen molar-refractivity contribution in [3.05, 3.63) is 35.4 Å². The predicted molar refractivity (Wildman–Crippen MR) is 86.4 cm³/mol. The SMILES string of the molecule is CCO[Si](C)(C)C(c1cccc(C)c1)[Si](C)(C)C. The lowest BCUT2D eigenvalue weighted by molar-refractivity contribution is 0.326. The van der Waals surface area contributed by atoms with Crippen LogP contribution in [0.1, 0.15) is 23.2 Å². The normalized spacial score (nSPS) is 14.6. The van der Waals surface area contributed by atoms with Crippen LogP contribution in [0.15, 0.2) is 24.3 Å². The first-order valence-electron chi connectivity index (χ1n) is 6.89. The molecule has 1 nitrogen and oxygen atoms in total. The van der Waals surface area contributed by atoms with Crippen LogP contribution in [0.2, 0.25) is 32.7 Å². The summed E-state index contributed by atoms with van der Waals surface area (Å²) in [5.41, 5.74) is 2.86. The summed E-state index contributed by atoms with van der Waals surface area (Å²) in [5, 5.41) is 0.657. The summed E-state index contributed by atoms with van der Waals surface area (Å²) in [4.78, 5) is 0. The second kappa shape index (κ2) is 5.72. The van der Waals surface area contributed by atoms with Crippen LogP contribution in [-0.4, -0.2) is 23.0 Å². The molecule has 0 saturated carbocycles. The van der Waals surface area contributed by atoms with E-state index in [2.05, 4.69) is 70.8 Å². The highest BCUT2D eigenvalue weighted by Crippen LogP contribution is 2.36. The van der Waals surface area contributed by atoms with E-state index < -0.39 is 16.4 Å². The second-order valence-electron chi connectivity index (χ2n) is 6.75.